The zero-order valence-electron chi connectivity index (χ0n) is 21.5. The van der Waals surface area contributed by atoms with E-state index in [0.717, 1.165) is 24.8 Å². The van der Waals surface area contributed by atoms with Crippen LogP contribution in [-0.4, -0.2) is 43.8 Å². The van der Waals surface area contributed by atoms with Gasteiger partial charge in [0.15, 0.2) is 16.9 Å². The second-order valence-corrected chi connectivity index (χ2v) is 9.31. The van der Waals surface area contributed by atoms with Crippen LogP contribution < -0.4 is 14.9 Å². The van der Waals surface area contributed by atoms with E-state index in [4.69, 9.17) is 18.6 Å². The Bertz CT molecular complexity index is 1260. The van der Waals surface area contributed by atoms with Gasteiger partial charge in [0.1, 0.15) is 5.58 Å². The standard InChI is InChI=1S/C29H35NO6/c1-5-6-9-16-35-23-14-13-20(18-24(23)33-4)26-25-27(31)21-11-7-8-12-22(21)36-28(25)29(32)30(26)15-10-17-34-19(2)3/h7-8,11-14,18-19,26H,5-6,9-10,15-17H2,1-4H3. The van der Waals surface area contributed by atoms with Crippen molar-refractivity contribution in [1.29, 1.82) is 0 Å². The van der Waals surface area contributed by atoms with E-state index in [1.165, 1.54) is 0 Å². The fourth-order valence-electron chi connectivity index (χ4n) is 4.61. The molecule has 2 heterocycles. The molecule has 4 rings (SSSR count). The Hall–Kier alpha value is -3.32. The van der Waals surface area contributed by atoms with Crippen molar-refractivity contribution in [3.63, 3.8) is 0 Å². The first-order valence-electron chi connectivity index (χ1n) is 12.7. The number of fused-ring (bicyclic) bond motifs is 2. The number of benzene rings is 2. The number of rotatable bonds is 12. The van der Waals surface area contributed by atoms with Crippen LogP contribution in [0.1, 0.15) is 74.2 Å². The highest BCUT2D eigenvalue weighted by atomic mass is 16.5. The average Bonchev–Trinajstić information content (AvgIpc) is 3.16. The lowest BCUT2D eigenvalue weighted by molar-refractivity contribution is 0.0593. The average molecular weight is 494 g/mol. The topological polar surface area (TPSA) is 78.2 Å². The van der Waals surface area contributed by atoms with Crippen molar-refractivity contribution in [1.82, 2.24) is 4.90 Å². The second-order valence-electron chi connectivity index (χ2n) is 9.31. The van der Waals surface area contributed by atoms with Crippen molar-refractivity contribution in [3.8, 4) is 11.5 Å². The third kappa shape index (κ3) is 5.26. The summed E-state index contributed by atoms with van der Waals surface area (Å²) in [4.78, 5) is 28.8. The van der Waals surface area contributed by atoms with E-state index >= 15 is 0 Å². The highest BCUT2D eigenvalue weighted by Crippen LogP contribution is 2.41. The molecule has 1 aliphatic heterocycles. The summed E-state index contributed by atoms with van der Waals surface area (Å²) >= 11 is 0. The quantitative estimate of drug-likeness (QED) is 0.300. The summed E-state index contributed by atoms with van der Waals surface area (Å²) in [5.41, 5.74) is 1.35. The van der Waals surface area contributed by atoms with Crippen molar-refractivity contribution >= 4 is 16.9 Å². The van der Waals surface area contributed by atoms with Crippen LogP contribution in [0, 0.1) is 0 Å². The van der Waals surface area contributed by atoms with Gasteiger partial charge in [0, 0.05) is 13.2 Å². The van der Waals surface area contributed by atoms with Crippen LogP contribution in [0.2, 0.25) is 0 Å². The molecule has 0 saturated heterocycles. The van der Waals surface area contributed by atoms with Gasteiger partial charge >= 0.3 is 0 Å². The number of para-hydroxylation sites is 1. The van der Waals surface area contributed by atoms with Crippen molar-refractivity contribution in [2.45, 2.75) is 58.6 Å². The molecule has 7 nitrogen and oxygen atoms in total. The SMILES string of the molecule is CCCCCOc1ccc(C2c3c(oc4ccccc4c3=O)C(=O)N2CCCOC(C)C)cc1OC. The van der Waals surface area contributed by atoms with Crippen molar-refractivity contribution in [2.24, 2.45) is 0 Å². The van der Waals surface area contributed by atoms with Gasteiger partial charge in [0.2, 0.25) is 5.76 Å². The first-order valence-corrected chi connectivity index (χ1v) is 12.7. The second kappa shape index (κ2) is 11.6. The number of methoxy groups -OCH3 is 1. The van der Waals surface area contributed by atoms with Crippen LogP contribution in [0.15, 0.2) is 51.7 Å². The van der Waals surface area contributed by atoms with E-state index in [2.05, 4.69) is 6.92 Å². The Morgan fingerprint density at radius 3 is 2.56 bits per heavy atom. The monoisotopic (exact) mass is 493 g/mol. The number of hydrogen-bond acceptors (Lipinski definition) is 6. The summed E-state index contributed by atoms with van der Waals surface area (Å²) < 4.78 is 23.3. The summed E-state index contributed by atoms with van der Waals surface area (Å²) in [7, 11) is 1.59. The summed E-state index contributed by atoms with van der Waals surface area (Å²) in [6, 6.07) is 12.1. The van der Waals surface area contributed by atoms with Gasteiger partial charge in [-0.15, -0.1) is 0 Å². The summed E-state index contributed by atoms with van der Waals surface area (Å²) in [6.07, 6.45) is 3.92. The Kier molecular flexibility index (Phi) is 8.31. The zero-order chi connectivity index (χ0) is 25.7. The molecule has 1 amide bonds. The van der Waals surface area contributed by atoms with Crippen LogP contribution in [0.3, 0.4) is 0 Å². The van der Waals surface area contributed by atoms with Crippen LogP contribution in [0.5, 0.6) is 11.5 Å². The molecule has 1 aromatic heterocycles. The lowest BCUT2D eigenvalue weighted by Gasteiger charge is -2.26. The lowest BCUT2D eigenvalue weighted by Crippen LogP contribution is -2.31. The van der Waals surface area contributed by atoms with E-state index in [1.807, 2.05) is 32.0 Å². The fraction of sp³-hybridized carbons (Fsp3) is 0.448. The van der Waals surface area contributed by atoms with Gasteiger partial charge < -0.3 is 23.5 Å². The van der Waals surface area contributed by atoms with E-state index in [1.54, 1.807) is 36.3 Å². The van der Waals surface area contributed by atoms with Crippen LogP contribution >= 0.6 is 0 Å². The highest BCUT2D eigenvalue weighted by Gasteiger charge is 2.42. The smallest absolute Gasteiger partial charge is 0.290 e. The number of nitrogens with zero attached hydrogens (tertiary/aromatic N) is 1. The molecule has 192 valence electrons. The molecule has 1 atom stereocenters. The van der Waals surface area contributed by atoms with Gasteiger partial charge in [-0.25, -0.2) is 0 Å². The molecule has 0 N–H and O–H groups in total. The molecule has 7 heteroatoms. The maximum Gasteiger partial charge on any atom is 0.290 e. The molecule has 0 saturated carbocycles. The summed E-state index contributed by atoms with van der Waals surface area (Å²) in [5, 5.41) is 0.460. The highest BCUT2D eigenvalue weighted by molar-refractivity contribution is 5.99. The predicted octanol–water partition coefficient (Wildman–Crippen LogP) is 5.73. The molecule has 1 unspecified atom stereocenters. The Morgan fingerprint density at radius 1 is 1.00 bits per heavy atom. The molecular formula is C29H35NO6. The molecule has 1 aliphatic rings. The van der Waals surface area contributed by atoms with E-state index in [9.17, 15) is 9.59 Å². The molecular weight excluding hydrogens is 458 g/mol. The Labute approximate surface area is 212 Å². The molecule has 0 bridgehead atoms. The minimum Gasteiger partial charge on any atom is -0.493 e. The van der Waals surface area contributed by atoms with Crippen molar-refractivity contribution in [2.75, 3.05) is 26.9 Å². The molecule has 2 aromatic carbocycles. The maximum absolute atomic E-state index is 13.6. The van der Waals surface area contributed by atoms with Gasteiger partial charge in [-0.2, -0.15) is 0 Å². The molecule has 0 spiro atoms. The fourth-order valence-corrected chi connectivity index (χ4v) is 4.61. The van der Waals surface area contributed by atoms with Gasteiger partial charge in [0.25, 0.3) is 5.91 Å². The van der Waals surface area contributed by atoms with Crippen molar-refractivity contribution in [3.05, 3.63) is 69.6 Å². The Balaban J connectivity index is 1.73. The number of amides is 1. The Morgan fingerprint density at radius 2 is 1.81 bits per heavy atom. The number of carbonyl (C=O) groups is 1. The molecule has 36 heavy (non-hydrogen) atoms. The number of hydrogen-bond donors (Lipinski definition) is 0. The van der Waals surface area contributed by atoms with Gasteiger partial charge in [0.05, 0.1) is 36.8 Å². The number of ether oxygens (including phenoxy) is 3. The zero-order valence-corrected chi connectivity index (χ0v) is 21.5. The van der Waals surface area contributed by atoms with E-state index in [-0.39, 0.29) is 23.2 Å². The minimum absolute atomic E-state index is 0.104. The molecule has 0 fully saturated rings. The third-order valence-corrected chi connectivity index (χ3v) is 6.38. The van der Waals surface area contributed by atoms with Crippen LogP contribution in [0.25, 0.3) is 11.0 Å². The molecule has 0 aliphatic carbocycles. The molecule has 3 aromatic rings. The molecule has 0 radical (unpaired) electrons. The van der Waals surface area contributed by atoms with Crippen molar-refractivity contribution < 1.29 is 23.4 Å². The number of unbranched alkanes of at least 4 members (excludes halogenated alkanes) is 2. The van der Waals surface area contributed by atoms with Gasteiger partial charge in [-0.3, -0.25) is 9.59 Å². The van der Waals surface area contributed by atoms with Gasteiger partial charge in [-0.05, 0) is 56.5 Å². The van der Waals surface area contributed by atoms with E-state index in [0.29, 0.717) is 54.2 Å². The first-order chi connectivity index (χ1) is 17.5. The largest absolute Gasteiger partial charge is 0.493 e. The number of carbonyl (C=O) groups excluding carboxylic acids is 1. The third-order valence-electron chi connectivity index (χ3n) is 6.38. The first kappa shape index (κ1) is 25.8. The van der Waals surface area contributed by atoms with Gasteiger partial charge in [-0.1, -0.05) is 38.0 Å². The van der Waals surface area contributed by atoms with Crippen LogP contribution in [0.4, 0.5) is 0 Å². The van der Waals surface area contributed by atoms with E-state index < -0.39 is 6.04 Å². The minimum atomic E-state index is -0.588. The van der Waals surface area contributed by atoms with Crippen LogP contribution in [-0.2, 0) is 4.74 Å². The maximum atomic E-state index is 13.6. The summed E-state index contributed by atoms with van der Waals surface area (Å²) in [6.45, 7) is 7.65. The summed E-state index contributed by atoms with van der Waals surface area (Å²) in [5.74, 6) is 1.02. The normalized spacial score (nSPS) is 15.1. The lowest BCUT2D eigenvalue weighted by atomic mass is 9.98. The predicted molar refractivity (Wildman–Crippen MR) is 139 cm³/mol.